The molecule has 3 rings (SSSR count). The number of morpholine rings is 1. The first kappa shape index (κ1) is 14.1. The fourth-order valence-corrected chi connectivity index (χ4v) is 2.45. The minimum atomic E-state index is -0.114. The Morgan fingerprint density at radius 2 is 2.10 bits per heavy atom. The molecule has 1 unspecified atom stereocenters. The summed E-state index contributed by atoms with van der Waals surface area (Å²) < 4.78 is 7.27. The van der Waals surface area contributed by atoms with Crippen molar-refractivity contribution in [2.75, 3.05) is 26.3 Å². The van der Waals surface area contributed by atoms with Crippen molar-refractivity contribution in [2.45, 2.75) is 19.2 Å². The van der Waals surface area contributed by atoms with E-state index in [1.54, 1.807) is 0 Å². The molecule has 1 aromatic heterocycles. The van der Waals surface area contributed by atoms with Gasteiger partial charge < -0.3 is 9.84 Å². The molecule has 0 saturated carbocycles. The monoisotopic (exact) mass is 289 g/mol. The molecule has 1 fully saturated rings. The van der Waals surface area contributed by atoms with E-state index in [0.717, 1.165) is 12.4 Å². The Balaban J connectivity index is 1.65. The Morgan fingerprint density at radius 1 is 1.24 bits per heavy atom. The molecule has 1 atom stereocenters. The molecule has 2 heterocycles. The van der Waals surface area contributed by atoms with Gasteiger partial charge in [0.2, 0.25) is 0 Å². The molecule has 21 heavy (non-hydrogen) atoms. The number of aliphatic hydroxyl groups is 1. The smallest absolute Gasteiger partial charge is 0.165 e. The van der Waals surface area contributed by atoms with Gasteiger partial charge in [-0.2, -0.15) is 0 Å². The summed E-state index contributed by atoms with van der Waals surface area (Å²) in [6.45, 7) is 3.54. The first-order valence-electron chi connectivity index (χ1n) is 7.09. The molecular weight excluding hydrogens is 270 g/mol. The Labute approximate surface area is 123 Å². The molecule has 1 N–H and O–H groups in total. The van der Waals surface area contributed by atoms with E-state index in [1.165, 1.54) is 5.56 Å². The number of hydrogen-bond donors (Lipinski definition) is 1. The van der Waals surface area contributed by atoms with Crippen molar-refractivity contribution < 1.29 is 9.84 Å². The van der Waals surface area contributed by atoms with Gasteiger partial charge in [0.15, 0.2) is 5.82 Å². The molecule has 7 nitrogen and oxygen atoms in total. The lowest BCUT2D eigenvalue weighted by Gasteiger charge is -2.31. The third-order valence-electron chi connectivity index (χ3n) is 3.57. The van der Waals surface area contributed by atoms with E-state index in [9.17, 15) is 5.11 Å². The summed E-state index contributed by atoms with van der Waals surface area (Å²) in [5.41, 5.74) is 1.17. The minimum absolute atomic E-state index is 0.0471. The highest BCUT2D eigenvalue weighted by molar-refractivity contribution is 5.14. The molecule has 1 aliphatic rings. The van der Waals surface area contributed by atoms with E-state index in [0.29, 0.717) is 26.2 Å². The number of rotatable bonds is 5. The number of aromatic nitrogens is 4. The molecule has 2 aromatic rings. The zero-order valence-corrected chi connectivity index (χ0v) is 11.8. The van der Waals surface area contributed by atoms with Crippen molar-refractivity contribution in [3.63, 3.8) is 0 Å². The minimum Gasteiger partial charge on any atom is -0.394 e. The molecule has 0 aliphatic carbocycles. The number of benzene rings is 1. The van der Waals surface area contributed by atoms with Crippen molar-refractivity contribution in [3.8, 4) is 0 Å². The van der Waals surface area contributed by atoms with Crippen LogP contribution in [0.5, 0.6) is 0 Å². The van der Waals surface area contributed by atoms with E-state index in [-0.39, 0.29) is 12.7 Å². The van der Waals surface area contributed by atoms with Crippen LogP contribution >= 0.6 is 0 Å². The van der Waals surface area contributed by atoms with Gasteiger partial charge in [-0.05, 0) is 16.0 Å². The van der Waals surface area contributed by atoms with Gasteiger partial charge in [-0.15, -0.1) is 5.10 Å². The number of nitrogens with zero attached hydrogens (tertiary/aromatic N) is 5. The van der Waals surface area contributed by atoms with Gasteiger partial charge in [0.05, 0.1) is 32.4 Å². The topological polar surface area (TPSA) is 76.3 Å². The van der Waals surface area contributed by atoms with Crippen LogP contribution in [0.1, 0.15) is 11.4 Å². The lowest BCUT2D eigenvalue weighted by Crippen LogP contribution is -2.43. The molecule has 0 bridgehead atoms. The average molecular weight is 289 g/mol. The number of tetrazole rings is 1. The molecule has 1 aliphatic heterocycles. The summed E-state index contributed by atoms with van der Waals surface area (Å²) in [7, 11) is 0. The van der Waals surface area contributed by atoms with Crippen LogP contribution in [-0.2, 0) is 17.8 Å². The lowest BCUT2D eigenvalue weighted by atomic mass is 10.2. The van der Waals surface area contributed by atoms with Crippen molar-refractivity contribution in [3.05, 3.63) is 41.7 Å². The highest BCUT2D eigenvalue weighted by Crippen LogP contribution is 2.09. The molecule has 1 saturated heterocycles. The predicted molar refractivity (Wildman–Crippen MR) is 75.5 cm³/mol. The zero-order chi connectivity index (χ0) is 14.5. The van der Waals surface area contributed by atoms with E-state index < -0.39 is 0 Å². The summed E-state index contributed by atoms with van der Waals surface area (Å²) in [5, 5.41) is 21.1. The second-order valence-corrected chi connectivity index (χ2v) is 5.15. The fraction of sp³-hybridized carbons (Fsp3) is 0.500. The summed E-state index contributed by atoms with van der Waals surface area (Å²) >= 11 is 0. The van der Waals surface area contributed by atoms with Crippen LogP contribution in [0, 0.1) is 0 Å². The van der Waals surface area contributed by atoms with Crippen molar-refractivity contribution in [1.82, 2.24) is 25.1 Å². The Hall–Kier alpha value is -1.83. The maximum atomic E-state index is 9.19. The normalized spacial score (nSPS) is 19.8. The predicted octanol–water partition coefficient (Wildman–Crippen LogP) is -0.0855. The highest BCUT2D eigenvalue weighted by atomic mass is 16.5. The SMILES string of the molecule is OCC1CN(Cc2nnnn2Cc2ccccc2)CCO1. The molecule has 0 radical (unpaired) electrons. The largest absolute Gasteiger partial charge is 0.394 e. The Bertz CT molecular complexity index is 560. The van der Waals surface area contributed by atoms with Crippen LogP contribution in [0.2, 0.25) is 0 Å². The molecule has 0 amide bonds. The van der Waals surface area contributed by atoms with Crippen molar-refractivity contribution in [2.24, 2.45) is 0 Å². The van der Waals surface area contributed by atoms with Crippen LogP contribution in [-0.4, -0.2) is 62.6 Å². The van der Waals surface area contributed by atoms with E-state index in [2.05, 4.69) is 32.6 Å². The van der Waals surface area contributed by atoms with Crippen LogP contribution in [0.25, 0.3) is 0 Å². The molecule has 0 spiro atoms. The van der Waals surface area contributed by atoms with Crippen LogP contribution < -0.4 is 0 Å². The van der Waals surface area contributed by atoms with Crippen LogP contribution in [0.4, 0.5) is 0 Å². The van der Waals surface area contributed by atoms with Crippen molar-refractivity contribution >= 4 is 0 Å². The Morgan fingerprint density at radius 3 is 2.90 bits per heavy atom. The van der Waals surface area contributed by atoms with E-state index in [1.807, 2.05) is 22.9 Å². The standard InChI is InChI=1S/C14H19N5O2/c20-11-13-9-18(6-7-21-13)10-14-15-16-17-19(14)8-12-4-2-1-3-5-12/h1-5,13,20H,6-11H2. The summed E-state index contributed by atoms with van der Waals surface area (Å²) in [5.74, 6) is 0.831. The summed E-state index contributed by atoms with van der Waals surface area (Å²) in [6, 6.07) is 10.1. The van der Waals surface area contributed by atoms with E-state index >= 15 is 0 Å². The second kappa shape index (κ2) is 6.75. The number of ether oxygens (including phenoxy) is 1. The highest BCUT2D eigenvalue weighted by Gasteiger charge is 2.21. The van der Waals surface area contributed by atoms with Crippen LogP contribution in [0.3, 0.4) is 0 Å². The average Bonchev–Trinajstić information content (AvgIpc) is 2.95. The van der Waals surface area contributed by atoms with Gasteiger partial charge >= 0.3 is 0 Å². The quantitative estimate of drug-likeness (QED) is 0.829. The molecule has 7 heteroatoms. The molecule has 1 aromatic carbocycles. The molecular formula is C14H19N5O2. The van der Waals surface area contributed by atoms with Gasteiger partial charge in [-0.25, -0.2) is 4.68 Å². The zero-order valence-electron chi connectivity index (χ0n) is 11.8. The number of aliphatic hydroxyl groups excluding tert-OH is 1. The maximum absolute atomic E-state index is 9.19. The third kappa shape index (κ3) is 3.63. The fourth-order valence-electron chi connectivity index (χ4n) is 2.45. The summed E-state index contributed by atoms with van der Waals surface area (Å²) in [4.78, 5) is 2.21. The van der Waals surface area contributed by atoms with Gasteiger partial charge in [-0.3, -0.25) is 4.90 Å². The van der Waals surface area contributed by atoms with Gasteiger partial charge in [0.1, 0.15) is 0 Å². The van der Waals surface area contributed by atoms with Gasteiger partial charge in [-0.1, -0.05) is 30.3 Å². The second-order valence-electron chi connectivity index (χ2n) is 5.15. The van der Waals surface area contributed by atoms with Gasteiger partial charge in [0.25, 0.3) is 0 Å². The van der Waals surface area contributed by atoms with Crippen molar-refractivity contribution in [1.29, 1.82) is 0 Å². The maximum Gasteiger partial charge on any atom is 0.165 e. The summed E-state index contributed by atoms with van der Waals surface area (Å²) in [6.07, 6.45) is -0.114. The first-order chi connectivity index (χ1) is 10.3. The van der Waals surface area contributed by atoms with Gasteiger partial charge in [0, 0.05) is 13.1 Å². The van der Waals surface area contributed by atoms with E-state index in [4.69, 9.17) is 4.74 Å². The molecule has 112 valence electrons. The lowest BCUT2D eigenvalue weighted by molar-refractivity contribution is -0.0559. The Kier molecular flexibility index (Phi) is 4.54. The number of hydrogen-bond acceptors (Lipinski definition) is 6. The van der Waals surface area contributed by atoms with Crippen LogP contribution in [0.15, 0.2) is 30.3 Å². The third-order valence-corrected chi connectivity index (χ3v) is 3.57. The first-order valence-corrected chi connectivity index (χ1v) is 7.09.